The summed E-state index contributed by atoms with van der Waals surface area (Å²) in [5.74, 6) is 0.282. The van der Waals surface area contributed by atoms with Crippen LogP contribution in [-0.2, 0) is 24.1 Å². The van der Waals surface area contributed by atoms with E-state index in [0.717, 1.165) is 31.6 Å². The minimum atomic E-state index is -0.232. The molecule has 4 rings (SSSR count). The van der Waals surface area contributed by atoms with Gasteiger partial charge in [0.15, 0.2) is 0 Å². The Morgan fingerprint density at radius 1 is 1.10 bits per heavy atom. The third-order valence-electron chi connectivity index (χ3n) is 4.72. The molecule has 3 aromatic rings. The van der Waals surface area contributed by atoms with E-state index in [-0.39, 0.29) is 11.7 Å². The number of halogens is 3. The van der Waals surface area contributed by atoms with E-state index in [9.17, 15) is 9.18 Å². The molecule has 0 bridgehead atoms. The average Bonchev–Trinajstić information content (AvgIpc) is 2.69. The molecule has 2 heterocycles. The number of nitrogens with one attached hydrogen (secondary N) is 2. The maximum absolute atomic E-state index is 14.1. The number of fused-ring (bicyclic) bond motifs is 1. The molecule has 1 aliphatic rings. The van der Waals surface area contributed by atoms with Crippen molar-refractivity contribution in [1.82, 2.24) is 9.97 Å². The Balaban J connectivity index is 1.49. The predicted molar refractivity (Wildman–Crippen MR) is 118 cm³/mol. The lowest BCUT2D eigenvalue weighted by Gasteiger charge is -2.18. The molecule has 1 amide bonds. The first-order chi connectivity index (χ1) is 14.0. The third kappa shape index (κ3) is 4.82. The Labute approximate surface area is 184 Å². The van der Waals surface area contributed by atoms with Crippen LogP contribution in [0.2, 0.25) is 0 Å². The Morgan fingerprint density at radius 3 is 2.79 bits per heavy atom. The molecule has 5 nitrogen and oxygen atoms in total. The largest absolute Gasteiger partial charge is 0.326 e. The number of hydrogen-bond donors (Lipinski definition) is 2. The van der Waals surface area contributed by atoms with Gasteiger partial charge in [0.25, 0.3) is 0 Å². The molecular weight excluding hydrogens is 503 g/mol. The van der Waals surface area contributed by atoms with Gasteiger partial charge >= 0.3 is 0 Å². The zero-order valence-electron chi connectivity index (χ0n) is 15.3. The van der Waals surface area contributed by atoms with Gasteiger partial charge in [-0.1, -0.05) is 22.0 Å². The highest BCUT2D eigenvalue weighted by atomic mass is 79.9. The van der Waals surface area contributed by atoms with Crippen LogP contribution < -0.4 is 10.6 Å². The van der Waals surface area contributed by atoms with Gasteiger partial charge in [0.05, 0.1) is 10.2 Å². The molecule has 1 aliphatic heterocycles. The number of benzene rings is 2. The Bertz CT molecular complexity index is 1090. The topological polar surface area (TPSA) is 66.9 Å². The van der Waals surface area contributed by atoms with Crippen molar-refractivity contribution < 1.29 is 9.18 Å². The number of carbonyl (C=O) groups is 1. The number of aryl methyl sites for hydroxylation is 3. The number of aromatic nitrogens is 2. The van der Waals surface area contributed by atoms with Crippen LogP contribution in [0.1, 0.15) is 23.2 Å². The lowest BCUT2D eigenvalue weighted by atomic mass is 10.0. The van der Waals surface area contributed by atoms with Crippen LogP contribution in [0, 0.1) is 5.82 Å². The van der Waals surface area contributed by atoms with Gasteiger partial charge < -0.3 is 10.6 Å². The molecule has 0 saturated carbocycles. The summed E-state index contributed by atoms with van der Waals surface area (Å²) in [6.07, 6.45) is 4.00. The molecule has 0 atom stereocenters. The lowest BCUT2D eigenvalue weighted by molar-refractivity contribution is -0.116. The van der Waals surface area contributed by atoms with E-state index in [2.05, 4.69) is 52.5 Å². The van der Waals surface area contributed by atoms with Crippen molar-refractivity contribution >= 4 is 55.1 Å². The molecule has 0 saturated heterocycles. The van der Waals surface area contributed by atoms with Crippen molar-refractivity contribution in [3.05, 3.63) is 74.2 Å². The zero-order valence-corrected chi connectivity index (χ0v) is 18.5. The van der Waals surface area contributed by atoms with Crippen molar-refractivity contribution in [2.24, 2.45) is 0 Å². The predicted octanol–water partition coefficient (Wildman–Crippen LogP) is 5.55. The fourth-order valence-electron chi connectivity index (χ4n) is 3.21. The summed E-state index contributed by atoms with van der Waals surface area (Å²) < 4.78 is 15.6. The second-order valence-corrected chi connectivity index (χ2v) is 8.54. The standard InChI is InChI=1S/C21H17Br2FN4O/c22-14-4-1-12(17(24)10-14)2-6-19-16(23)11-25-21(28-19)26-15-5-7-18-13(9-15)3-8-20(29)27-18/h1,4-5,7,9-11H,2-3,6,8H2,(H,27,29)(H,25,26,28). The van der Waals surface area contributed by atoms with Crippen molar-refractivity contribution in [1.29, 1.82) is 0 Å². The molecule has 0 spiro atoms. The quantitative estimate of drug-likeness (QED) is 0.463. The number of nitrogens with zero attached hydrogens (tertiary/aromatic N) is 2. The number of hydrogen-bond acceptors (Lipinski definition) is 4. The summed E-state index contributed by atoms with van der Waals surface area (Å²) in [6, 6.07) is 10.8. The maximum Gasteiger partial charge on any atom is 0.227 e. The Hall–Kier alpha value is -2.32. The van der Waals surface area contributed by atoms with Crippen LogP contribution in [0.3, 0.4) is 0 Å². The molecule has 0 radical (unpaired) electrons. The average molecular weight is 520 g/mol. The summed E-state index contributed by atoms with van der Waals surface area (Å²) in [5, 5.41) is 6.08. The van der Waals surface area contributed by atoms with Gasteiger partial charge in [0, 0.05) is 28.5 Å². The van der Waals surface area contributed by atoms with Gasteiger partial charge in [-0.15, -0.1) is 0 Å². The SMILES string of the molecule is O=C1CCc2cc(Nc3ncc(Br)c(CCc4ccc(Br)cc4F)n3)ccc2N1. The minimum Gasteiger partial charge on any atom is -0.326 e. The number of amides is 1. The summed E-state index contributed by atoms with van der Waals surface area (Å²) in [6.45, 7) is 0. The van der Waals surface area contributed by atoms with Gasteiger partial charge in [0.2, 0.25) is 11.9 Å². The Kier molecular flexibility index (Phi) is 5.91. The summed E-state index contributed by atoms with van der Waals surface area (Å²) in [5.41, 5.74) is 4.23. The van der Waals surface area contributed by atoms with Crippen LogP contribution in [0.4, 0.5) is 21.7 Å². The van der Waals surface area contributed by atoms with Crippen LogP contribution >= 0.6 is 31.9 Å². The molecule has 0 fully saturated rings. The van der Waals surface area contributed by atoms with E-state index in [0.29, 0.717) is 37.2 Å². The molecule has 1 aromatic heterocycles. The van der Waals surface area contributed by atoms with Crippen molar-refractivity contribution in [2.75, 3.05) is 10.6 Å². The first-order valence-corrected chi connectivity index (χ1v) is 10.7. The fraction of sp³-hybridized carbons (Fsp3) is 0.190. The van der Waals surface area contributed by atoms with Gasteiger partial charge in [-0.3, -0.25) is 4.79 Å². The summed E-state index contributed by atoms with van der Waals surface area (Å²) in [7, 11) is 0. The van der Waals surface area contributed by atoms with E-state index in [1.807, 2.05) is 24.3 Å². The number of carbonyl (C=O) groups excluding carboxylic acids is 1. The molecule has 29 heavy (non-hydrogen) atoms. The first-order valence-electron chi connectivity index (χ1n) is 9.13. The molecule has 0 unspecified atom stereocenters. The lowest BCUT2D eigenvalue weighted by Crippen LogP contribution is -2.18. The van der Waals surface area contributed by atoms with Crippen LogP contribution in [-0.4, -0.2) is 15.9 Å². The number of rotatable bonds is 5. The molecule has 2 N–H and O–H groups in total. The third-order valence-corrected chi connectivity index (χ3v) is 5.88. The van der Waals surface area contributed by atoms with E-state index in [1.54, 1.807) is 12.3 Å². The van der Waals surface area contributed by atoms with Crippen molar-refractivity contribution in [3.63, 3.8) is 0 Å². The van der Waals surface area contributed by atoms with E-state index in [1.165, 1.54) is 6.07 Å². The fourth-order valence-corrected chi connectivity index (χ4v) is 3.93. The molecule has 2 aromatic carbocycles. The highest BCUT2D eigenvalue weighted by molar-refractivity contribution is 9.10. The van der Waals surface area contributed by atoms with E-state index >= 15 is 0 Å². The molecule has 8 heteroatoms. The maximum atomic E-state index is 14.1. The van der Waals surface area contributed by atoms with Crippen LogP contribution in [0.15, 0.2) is 51.5 Å². The molecule has 148 valence electrons. The summed E-state index contributed by atoms with van der Waals surface area (Å²) >= 11 is 6.75. The van der Waals surface area contributed by atoms with Gasteiger partial charge in [-0.05, 0) is 76.7 Å². The van der Waals surface area contributed by atoms with Gasteiger partial charge in [0.1, 0.15) is 5.82 Å². The van der Waals surface area contributed by atoms with Gasteiger partial charge in [-0.2, -0.15) is 0 Å². The van der Waals surface area contributed by atoms with Crippen molar-refractivity contribution in [3.8, 4) is 0 Å². The summed E-state index contributed by atoms with van der Waals surface area (Å²) in [4.78, 5) is 20.4. The molecule has 0 aliphatic carbocycles. The van der Waals surface area contributed by atoms with E-state index in [4.69, 9.17) is 0 Å². The second-order valence-electron chi connectivity index (χ2n) is 6.77. The van der Waals surface area contributed by atoms with E-state index < -0.39 is 0 Å². The highest BCUT2D eigenvalue weighted by Crippen LogP contribution is 2.27. The highest BCUT2D eigenvalue weighted by Gasteiger charge is 2.15. The van der Waals surface area contributed by atoms with Crippen molar-refractivity contribution in [2.45, 2.75) is 25.7 Å². The number of anilines is 3. The smallest absolute Gasteiger partial charge is 0.227 e. The molecular formula is C21H17Br2FN4O. The normalized spacial score (nSPS) is 13.0. The first kappa shape index (κ1) is 20.0. The van der Waals surface area contributed by atoms with Crippen LogP contribution in [0.5, 0.6) is 0 Å². The minimum absolute atomic E-state index is 0.0429. The monoisotopic (exact) mass is 518 g/mol. The van der Waals surface area contributed by atoms with Gasteiger partial charge in [-0.25, -0.2) is 14.4 Å². The van der Waals surface area contributed by atoms with Crippen LogP contribution in [0.25, 0.3) is 0 Å². The Morgan fingerprint density at radius 2 is 1.97 bits per heavy atom. The zero-order chi connectivity index (χ0) is 20.4. The second kappa shape index (κ2) is 8.59.